The Hall–Kier alpha value is -1.67. The number of nitrogens with zero attached hydrogens (tertiary/aromatic N) is 1. The van der Waals surface area contributed by atoms with Crippen molar-refractivity contribution in [1.82, 2.24) is 4.98 Å². The number of benzene rings is 1. The van der Waals surface area contributed by atoms with Gasteiger partial charge in [0.2, 0.25) is 0 Å². The van der Waals surface area contributed by atoms with Crippen LogP contribution in [0.1, 0.15) is 54.5 Å². The van der Waals surface area contributed by atoms with Crippen molar-refractivity contribution in [2.75, 3.05) is 0 Å². The molecule has 0 spiro atoms. The molecule has 0 radical (unpaired) electrons. The summed E-state index contributed by atoms with van der Waals surface area (Å²) in [5.74, 6) is 0.800. The molecule has 104 valence electrons. The summed E-state index contributed by atoms with van der Waals surface area (Å²) in [5.41, 5.74) is 10.1. The Balaban J connectivity index is 1.57. The van der Waals surface area contributed by atoms with Crippen LogP contribution in [0.15, 0.2) is 48.7 Å². The lowest BCUT2D eigenvalue weighted by Crippen LogP contribution is -2.13. The van der Waals surface area contributed by atoms with Crippen LogP contribution in [-0.2, 0) is 6.42 Å². The molecule has 0 amide bonds. The van der Waals surface area contributed by atoms with E-state index in [0.29, 0.717) is 0 Å². The first-order chi connectivity index (χ1) is 9.83. The summed E-state index contributed by atoms with van der Waals surface area (Å²) in [4.78, 5) is 4.34. The molecule has 1 heterocycles. The molecule has 2 aromatic rings. The zero-order valence-corrected chi connectivity index (χ0v) is 11.8. The number of pyridine rings is 1. The highest BCUT2D eigenvalue weighted by atomic mass is 14.7. The van der Waals surface area contributed by atoms with Crippen LogP contribution in [0.3, 0.4) is 0 Å². The van der Waals surface area contributed by atoms with Crippen LogP contribution in [-0.4, -0.2) is 4.98 Å². The van der Waals surface area contributed by atoms with Crippen molar-refractivity contribution in [1.29, 1.82) is 0 Å². The molecule has 1 aliphatic carbocycles. The monoisotopic (exact) mass is 266 g/mol. The summed E-state index contributed by atoms with van der Waals surface area (Å²) in [6, 6.07) is 15.1. The van der Waals surface area contributed by atoms with E-state index in [-0.39, 0.29) is 6.04 Å². The Kier molecular flexibility index (Phi) is 4.12. The largest absolute Gasteiger partial charge is 0.324 e. The first-order valence-corrected chi connectivity index (χ1v) is 7.58. The number of aryl methyl sites for hydroxylation is 1. The highest BCUT2D eigenvalue weighted by molar-refractivity contribution is 5.28. The first-order valence-electron chi connectivity index (χ1n) is 7.58. The van der Waals surface area contributed by atoms with Gasteiger partial charge in [0.25, 0.3) is 0 Å². The van der Waals surface area contributed by atoms with Gasteiger partial charge in [-0.1, -0.05) is 36.8 Å². The second-order valence-corrected chi connectivity index (χ2v) is 5.76. The molecule has 2 N–H and O–H groups in total. The van der Waals surface area contributed by atoms with Crippen molar-refractivity contribution in [3.8, 4) is 0 Å². The predicted molar refractivity (Wildman–Crippen MR) is 82.5 cm³/mol. The van der Waals surface area contributed by atoms with Crippen molar-refractivity contribution in [3.63, 3.8) is 0 Å². The average molecular weight is 266 g/mol. The zero-order chi connectivity index (χ0) is 13.8. The maximum atomic E-state index is 6.29. The zero-order valence-electron chi connectivity index (χ0n) is 11.8. The van der Waals surface area contributed by atoms with E-state index in [1.807, 2.05) is 18.3 Å². The fraction of sp³-hybridized carbons (Fsp3) is 0.389. The van der Waals surface area contributed by atoms with Crippen molar-refractivity contribution in [3.05, 3.63) is 65.5 Å². The molecule has 1 atom stereocenters. The minimum absolute atomic E-state index is 0.104. The van der Waals surface area contributed by atoms with Crippen LogP contribution >= 0.6 is 0 Å². The van der Waals surface area contributed by atoms with Gasteiger partial charge in [0, 0.05) is 17.9 Å². The Labute approximate surface area is 121 Å². The predicted octanol–water partition coefficient (Wildman–Crippen LogP) is 3.98. The van der Waals surface area contributed by atoms with Crippen molar-refractivity contribution >= 4 is 0 Å². The van der Waals surface area contributed by atoms with Crippen LogP contribution in [0.2, 0.25) is 0 Å². The second kappa shape index (κ2) is 6.19. The Morgan fingerprint density at radius 2 is 1.90 bits per heavy atom. The molecule has 2 heteroatoms. The normalized spacial score (nSPS) is 16.6. The summed E-state index contributed by atoms with van der Waals surface area (Å²) >= 11 is 0. The summed E-state index contributed by atoms with van der Waals surface area (Å²) in [6.07, 6.45) is 7.81. The molecular weight excluding hydrogens is 244 g/mol. The number of hydrogen-bond acceptors (Lipinski definition) is 2. The topological polar surface area (TPSA) is 38.9 Å². The van der Waals surface area contributed by atoms with Crippen LogP contribution in [0.5, 0.6) is 0 Å². The Morgan fingerprint density at radius 1 is 1.10 bits per heavy atom. The summed E-state index contributed by atoms with van der Waals surface area (Å²) in [6.45, 7) is 0. The lowest BCUT2D eigenvalue weighted by Gasteiger charge is -2.26. The lowest BCUT2D eigenvalue weighted by molar-refractivity contribution is 0.419. The SMILES string of the molecule is NC(CCc1ccccn1)c1ccc(C2CCC2)cc1. The van der Waals surface area contributed by atoms with Crippen LogP contribution in [0, 0.1) is 0 Å². The highest BCUT2D eigenvalue weighted by Gasteiger charge is 2.19. The highest BCUT2D eigenvalue weighted by Crippen LogP contribution is 2.36. The van der Waals surface area contributed by atoms with Gasteiger partial charge in [0.1, 0.15) is 0 Å². The summed E-state index contributed by atoms with van der Waals surface area (Å²) in [5, 5.41) is 0. The third-order valence-corrected chi connectivity index (χ3v) is 4.38. The molecule has 1 fully saturated rings. The number of hydrogen-bond donors (Lipinski definition) is 1. The number of aromatic nitrogens is 1. The van der Waals surface area contributed by atoms with E-state index in [1.54, 1.807) is 0 Å². The van der Waals surface area contributed by atoms with E-state index in [1.165, 1.54) is 30.4 Å². The fourth-order valence-electron chi connectivity index (χ4n) is 2.77. The molecule has 2 nitrogen and oxygen atoms in total. The quantitative estimate of drug-likeness (QED) is 0.889. The third-order valence-electron chi connectivity index (χ3n) is 4.38. The van der Waals surface area contributed by atoms with E-state index in [2.05, 4.69) is 35.3 Å². The first kappa shape index (κ1) is 13.3. The van der Waals surface area contributed by atoms with Gasteiger partial charge in [-0.25, -0.2) is 0 Å². The summed E-state index contributed by atoms with van der Waals surface area (Å²) < 4.78 is 0. The van der Waals surface area contributed by atoms with Gasteiger partial charge in [-0.15, -0.1) is 0 Å². The van der Waals surface area contributed by atoms with Crippen molar-refractivity contribution < 1.29 is 0 Å². The van der Waals surface area contributed by atoms with E-state index in [4.69, 9.17) is 5.73 Å². The number of rotatable bonds is 5. The Bertz CT molecular complexity index is 529. The molecule has 0 aliphatic heterocycles. The molecule has 1 saturated carbocycles. The van der Waals surface area contributed by atoms with Gasteiger partial charge in [-0.2, -0.15) is 0 Å². The average Bonchev–Trinajstić information content (AvgIpc) is 2.45. The van der Waals surface area contributed by atoms with Crippen LogP contribution < -0.4 is 5.73 Å². The molecule has 3 rings (SSSR count). The van der Waals surface area contributed by atoms with Gasteiger partial charge in [0.05, 0.1) is 0 Å². The molecule has 1 aromatic carbocycles. The van der Waals surface area contributed by atoms with Gasteiger partial charge in [-0.05, 0) is 54.9 Å². The van der Waals surface area contributed by atoms with E-state index >= 15 is 0 Å². The minimum atomic E-state index is 0.104. The molecule has 1 unspecified atom stereocenters. The fourth-order valence-corrected chi connectivity index (χ4v) is 2.77. The Morgan fingerprint density at radius 3 is 2.50 bits per heavy atom. The van der Waals surface area contributed by atoms with Crippen molar-refractivity contribution in [2.45, 2.75) is 44.1 Å². The third kappa shape index (κ3) is 3.07. The second-order valence-electron chi connectivity index (χ2n) is 5.76. The molecule has 1 aromatic heterocycles. The number of nitrogens with two attached hydrogens (primary N) is 1. The van der Waals surface area contributed by atoms with Gasteiger partial charge >= 0.3 is 0 Å². The van der Waals surface area contributed by atoms with Gasteiger partial charge in [-0.3, -0.25) is 4.98 Å². The minimum Gasteiger partial charge on any atom is -0.324 e. The van der Waals surface area contributed by atoms with Gasteiger partial charge < -0.3 is 5.73 Å². The smallest absolute Gasteiger partial charge is 0.0404 e. The van der Waals surface area contributed by atoms with Crippen molar-refractivity contribution in [2.24, 2.45) is 5.73 Å². The van der Waals surface area contributed by atoms with E-state index in [0.717, 1.165) is 24.5 Å². The molecule has 0 bridgehead atoms. The maximum Gasteiger partial charge on any atom is 0.0404 e. The standard InChI is InChI=1S/C18H22N2/c19-18(12-11-17-6-1-2-13-20-17)16-9-7-15(8-10-16)14-4-3-5-14/h1-2,6-10,13-14,18H,3-5,11-12,19H2. The molecule has 0 saturated heterocycles. The van der Waals surface area contributed by atoms with Gasteiger partial charge in [0.15, 0.2) is 0 Å². The van der Waals surface area contributed by atoms with E-state index < -0.39 is 0 Å². The molecule has 1 aliphatic rings. The van der Waals surface area contributed by atoms with E-state index in [9.17, 15) is 0 Å². The summed E-state index contributed by atoms with van der Waals surface area (Å²) in [7, 11) is 0. The van der Waals surface area contributed by atoms with Crippen LogP contribution in [0.4, 0.5) is 0 Å². The molecule has 20 heavy (non-hydrogen) atoms. The lowest BCUT2D eigenvalue weighted by atomic mass is 9.80. The molecular formula is C18H22N2. The van der Waals surface area contributed by atoms with Crippen LogP contribution in [0.25, 0.3) is 0 Å². The maximum absolute atomic E-state index is 6.29.